The van der Waals surface area contributed by atoms with Gasteiger partial charge in [-0.3, -0.25) is 0 Å². The van der Waals surface area contributed by atoms with Gasteiger partial charge in [-0.25, -0.2) is 10.8 Å². The van der Waals surface area contributed by atoms with Crippen molar-refractivity contribution in [1.82, 2.24) is 4.98 Å². The average Bonchev–Trinajstić information content (AvgIpc) is 2.74. The van der Waals surface area contributed by atoms with E-state index in [4.69, 9.17) is 5.84 Å². The lowest BCUT2D eigenvalue weighted by molar-refractivity contribution is 0.758. The molecule has 1 unspecified atom stereocenters. The van der Waals surface area contributed by atoms with Gasteiger partial charge in [0.2, 0.25) is 0 Å². The van der Waals surface area contributed by atoms with Gasteiger partial charge in [-0.05, 0) is 31.0 Å². The lowest BCUT2D eigenvalue weighted by Crippen LogP contribution is -2.24. The molecule has 0 spiro atoms. The standard InChI is InChI=1S/C14H16N4/c1-10-8-11-4-2-3-5-13(11)18(10)12-6-7-16-14(9-12)17-15/h2-7,9-10H,8,15H2,1H3,(H,16,17). The number of nitrogens with one attached hydrogen (secondary N) is 1. The van der Waals surface area contributed by atoms with Gasteiger partial charge in [-0.1, -0.05) is 18.2 Å². The molecule has 1 aliphatic rings. The fourth-order valence-electron chi connectivity index (χ4n) is 2.61. The summed E-state index contributed by atoms with van der Waals surface area (Å²) < 4.78 is 0. The number of aromatic nitrogens is 1. The molecule has 1 atom stereocenters. The van der Waals surface area contributed by atoms with Gasteiger partial charge < -0.3 is 10.3 Å². The van der Waals surface area contributed by atoms with Crippen molar-refractivity contribution >= 4 is 17.2 Å². The highest BCUT2D eigenvalue weighted by Gasteiger charge is 2.26. The first-order chi connectivity index (χ1) is 8.79. The lowest BCUT2D eigenvalue weighted by atomic mass is 10.1. The van der Waals surface area contributed by atoms with Crippen molar-refractivity contribution in [3.63, 3.8) is 0 Å². The second kappa shape index (κ2) is 4.31. The SMILES string of the molecule is CC1Cc2ccccc2N1c1ccnc(NN)c1. The molecule has 0 aliphatic carbocycles. The molecule has 0 fully saturated rings. The molecule has 1 aromatic carbocycles. The molecule has 0 radical (unpaired) electrons. The van der Waals surface area contributed by atoms with Crippen LogP contribution in [0.5, 0.6) is 0 Å². The fourth-order valence-corrected chi connectivity index (χ4v) is 2.61. The third kappa shape index (κ3) is 1.71. The fraction of sp³-hybridized carbons (Fsp3) is 0.214. The zero-order valence-corrected chi connectivity index (χ0v) is 10.3. The molecule has 3 N–H and O–H groups in total. The number of anilines is 3. The number of pyridine rings is 1. The number of fused-ring (bicyclic) bond motifs is 1. The zero-order chi connectivity index (χ0) is 12.5. The minimum atomic E-state index is 0.454. The van der Waals surface area contributed by atoms with Gasteiger partial charge in [0.1, 0.15) is 5.82 Å². The summed E-state index contributed by atoms with van der Waals surface area (Å²) in [6.45, 7) is 2.23. The molecule has 4 heteroatoms. The predicted octanol–water partition coefficient (Wildman–Crippen LogP) is 2.45. The van der Waals surface area contributed by atoms with Gasteiger partial charge >= 0.3 is 0 Å². The number of benzene rings is 1. The summed E-state index contributed by atoms with van der Waals surface area (Å²) in [5.74, 6) is 6.10. The largest absolute Gasteiger partial charge is 0.338 e. The molecule has 4 nitrogen and oxygen atoms in total. The van der Waals surface area contributed by atoms with Crippen LogP contribution >= 0.6 is 0 Å². The van der Waals surface area contributed by atoms with Gasteiger partial charge in [-0.15, -0.1) is 0 Å². The van der Waals surface area contributed by atoms with Crippen LogP contribution in [0.3, 0.4) is 0 Å². The van der Waals surface area contributed by atoms with Gasteiger partial charge in [0.25, 0.3) is 0 Å². The maximum atomic E-state index is 5.42. The van der Waals surface area contributed by atoms with Crippen LogP contribution in [0.15, 0.2) is 42.6 Å². The number of nitrogens with zero attached hydrogens (tertiary/aromatic N) is 2. The first-order valence-electron chi connectivity index (χ1n) is 6.09. The number of para-hydroxylation sites is 1. The number of nitrogens with two attached hydrogens (primary N) is 1. The lowest BCUT2D eigenvalue weighted by Gasteiger charge is -2.25. The number of hydrogen-bond donors (Lipinski definition) is 2. The Hall–Kier alpha value is -2.07. The van der Waals surface area contributed by atoms with E-state index in [2.05, 4.69) is 46.5 Å². The average molecular weight is 240 g/mol. The Morgan fingerprint density at radius 2 is 2.17 bits per heavy atom. The highest BCUT2D eigenvalue weighted by atomic mass is 15.3. The van der Waals surface area contributed by atoms with Crippen LogP contribution in [0.1, 0.15) is 12.5 Å². The molecule has 0 bridgehead atoms. The molecule has 0 amide bonds. The molecule has 0 saturated heterocycles. The van der Waals surface area contributed by atoms with Gasteiger partial charge in [-0.2, -0.15) is 0 Å². The Morgan fingerprint density at radius 1 is 1.33 bits per heavy atom. The van der Waals surface area contributed by atoms with Crippen molar-refractivity contribution in [3.05, 3.63) is 48.2 Å². The van der Waals surface area contributed by atoms with E-state index in [-0.39, 0.29) is 0 Å². The maximum absolute atomic E-state index is 5.42. The second-order valence-electron chi connectivity index (χ2n) is 4.60. The van der Waals surface area contributed by atoms with Crippen molar-refractivity contribution < 1.29 is 0 Å². The molecule has 2 aromatic rings. The van der Waals surface area contributed by atoms with Gasteiger partial charge in [0.05, 0.1) is 0 Å². The Morgan fingerprint density at radius 3 is 3.00 bits per heavy atom. The first-order valence-corrected chi connectivity index (χ1v) is 6.09. The van der Waals surface area contributed by atoms with Crippen LogP contribution in [0.4, 0.5) is 17.2 Å². The molecule has 1 aliphatic heterocycles. The molecular weight excluding hydrogens is 224 g/mol. The smallest absolute Gasteiger partial charge is 0.141 e. The summed E-state index contributed by atoms with van der Waals surface area (Å²) >= 11 is 0. The quantitative estimate of drug-likeness (QED) is 0.625. The molecule has 18 heavy (non-hydrogen) atoms. The van der Waals surface area contributed by atoms with Crippen molar-refractivity contribution in [1.29, 1.82) is 0 Å². The monoisotopic (exact) mass is 240 g/mol. The Kier molecular flexibility index (Phi) is 2.64. The molecule has 3 rings (SSSR count). The highest BCUT2D eigenvalue weighted by molar-refractivity contribution is 5.72. The van der Waals surface area contributed by atoms with Crippen LogP contribution < -0.4 is 16.2 Å². The molecule has 0 saturated carbocycles. The van der Waals surface area contributed by atoms with E-state index in [9.17, 15) is 0 Å². The van der Waals surface area contributed by atoms with Crippen molar-refractivity contribution in [2.45, 2.75) is 19.4 Å². The van der Waals surface area contributed by atoms with Crippen LogP contribution in [0, 0.1) is 0 Å². The van der Waals surface area contributed by atoms with Crippen molar-refractivity contribution in [3.8, 4) is 0 Å². The zero-order valence-electron chi connectivity index (χ0n) is 10.3. The summed E-state index contributed by atoms with van der Waals surface area (Å²) in [6, 6.07) is 13.0. The van der Waals surface area contributed by atoms with E-state index in [1.54, 1.807) is 6.20 Å². The first kappa shape index (κ1) is 11.0. The minimum absolute atomic E-state index is 0.454. The number of nitrogen functional groups attached to an aromatic ring is 1. The van der Waals surface area contributed by atoms with Gasteiger partial charge in [0, 0.05) is 29.7 Å². The summed E-state index contributed by atoms with van der Waals surface area (Å²) in [7, 11) is 0. The molecule has 92 valence electrons. The van der Waals surface area contributed by atoms with Crippen molar-refractivity contribution in [2.24, 2.45) is 5.84 Å². The van der Waals surface area contributed by atoms with E-state index in [1.165, 1.54) is 11.3 Å². The molecular formula is C14H16N4. The van der Waals surface area contributed by atoms with E-state index in [0.717, 1.165) is 12.1 Å². The van der Waals surface area contributed by atoms with Crippen LogP contribution in [-0.2, 0) is 6.42 Å². The number of rotatable bonds is 2. The summed E-state index contributed by atoms with van der Waals surface area (Å²) in [6.07, 6.45) is 2.85. The van der Waals surface area contributed by atoms with Crippen LogP contribution in [-0.4, -0.2) is 11.0 Å². The normalized spacial score (nSPS) is 17.7. The minimum Gasteiger partial charge on any atom is -0.338 e. The summed E-state index contributed by atoms with van der Waals surface area (Å²) in [5, 5.41) is 0. The highest BCUT2D eigenvalue weighted by Crippen LogP contribution is 2.38. The Bertz CT molecular complexity index is 567. The number of hydrogen-bond acceptors (Lipinski definition) is 4. The topological polar surface area (TPSA) is 54.2 Å². The Balaban J connectivity index is 2.06. The maximum Gasteiger partial charge on any atom is 0.141 e. The van der Waals surface area contributed by atoms with Crippen LogP contribution in [0.25, 0.3) is 0 Å². The molecule has 1 aromatic heterocycles. The van der Waals surface area contributed by atoms with Crippen LogP contribution in [0.2, 0.25) is 0 Å². The number of hydrazine groups is 1. The van der Waals surface area contributed by atoms with E-state index >= 15 is 0 Å². The predicted molar refractivity (Wildman–Crippen MR) is 73.8 cm³/mol. The van der Waals surface area contributed by atoms with E-state index < -0.39 is 0 Å². The molecule has 2 heterocycles. The van der Waals surface area contributed by atoms with Gasteiger partial charge in [0.15, 0.2) is 0 Å². The van der Waals surface area contributed by atoms with Crippen molar-refractivity contribution in [2.75, 3.05) is 10.3 Å². The Labute approximate surface area is 106 Å². The van der Waals surface area contributed by atoms with E-state index in [1.807, 2.05) is 12.1 Å². The summed E-state index contributed by atoms with van der Waals surface area (Å²) in [5.41, 5.74) is 6.38. The summed E-state index contributed by atoms with van der Waals surface area (Å²) in [4.78, 5) is 6.48. The second-order valence-corrected chi connectivity index (χ2v) is 4.60. The third-order valence-corrected chi connectivity index (χ3v) is 3.38. The van der Waals surface area contributed by atoms with E-state index in [0.29, 0.717) is 11.9 Å². The third-order valence-electron chi connectivity index (χ3n) is 3.38.